The molecular weight excluding hydrogens is 370 g/mol. The molecule has 7 nitrogen and oxygen atoms in total. The van der Waals surface area contributed by atoms with Gasteiger partial charge in [-0.15, -0.1) is 0 Å². The third kappa shape index (κ3) is 5.58. The summed E-state index contributed by atoms with van der Waals surface area (Å²) in [4.78, 5) is 27.0. The lowest BCUT2D eigenvalue weighted by Crippen LogP contribution is -2.40. The number of nitrogens with one attached hydrogen (secondary N) is 3. The quantitative estimate of drug-likeness (QED) is 0.422. The molecule has 4 N–H and O–H groups in total. The van der Waals surface area contributed by atoms with Crippen LogP contribution in [0.15, 0.2) is 54.7 Å². The summed E-state index contributed by atoms with van der Waals surface area (Å²) >= 11 is 0. The van der Waals surface area contributed by atoms with Crippen LogP contribution in [0, 0.1) is 0 Å². The molecule has 0 fully saturated rings. The molecule has 0 bridgehead atoms. The minimum absolute atomic E-state index is 0.156. The molecule has 7 heteroatoms. The Morgan fingerprint density at radius 2 is 1.90 bits per heavy atom. The molecule has 3 rings (SSSR count). The van der Waals surface area contributed by atoms with Crippen molar-refractivity contribution in [2.24, 2.45) is 0 Å². The molecule has 1 aromatic heterocycles. The van der Waals surface area contributed by atoms with Crippen LogP contribution in [-0.4, -0.2) is 41.2 Å². The maximum Gasteiger partial charge on any atom is 0.321 e. The third-order valence-corrected chi connectivity index (χ3v) is 4.60. The number of hydrogen-bond acceptors (Lipinski definition) is 4. The Labute approximate surface area is 169 Å². The van der Waals surface area contributed by atoms with Gasteiger partial charge in [0.1, 0.15) is 11.8 Å². The number of para-hydroxylation sites is 1. The van der Waals surface area contributed by atoms with Gasteiger partial charge in [-0.25, -0.2) is 0 Å². The fourth-order valence-electron chi connectivity index (χ4n) is 3.16. The molecule has 0 aliphatic heterocycles. The van der Waals surface area contributed by atoms with Crippen molar-refractivity contribution >= 4 is 28.5 Å². The number of carboxylic acid groups (broad SMARTS) is 1. The maximum absolute atomic E-state index is 12.3. The van der Waals surface area contributed by atoms with Crippen molar-refractivity contribution in [2.45, 2.75) is 25.8 Å². The van der Waals surface area contributed by atoms with Gasteiger partial charge in [-0.05, 0) is 49.2 Å². The summed E-state index contributed by atoms with van der Waals surface area (Å²) in [6.45, 7) is 2.92. The first-order chi connectivity index (χ1) is 14.1. The fraction of sp³-hybridized carbons (Fsp3) is 0.273. The molecule has 0 radical (unpaired) electrons. The minimum Gasteiger partial charge on any atom is -0.494 e. The van der Waals surface area contributed by atoms with Crippen LogP contribution in [0.3, 0.4) is 0 Å². The highest BCUT2D eigenvalue weighted by molar-refractivity contribution is 5.94. The number of hydrogen-bond donors (Lipinski definition) is 4. The summed E-state index contributed by atoms with van der Waals surface area (Å²) in [6, 6.07) is 14.0. The van der Waals surface area contributed by atoms with E-state index in [4.69, 9.17) is 4.74 Å². The largest absolute Gasteiger partial charge is 0.494 e. The summed E-state index contributed by atoms with van der Waals surface area (Å²) in [5, 5.41) is 16.3. The lowest BCUT2D eigenvalue weighted by atomic mass is 10.1. The topological polar surface area (TPSA) is 103 Å². The number of benzene rings is 2. The normalized spacial score (nSPS) is 11.9. The van der Waals surface area contributed by atoms with E-state index in [0.29, 0.717) is 31.0 Å². The van der Waals surface area contributed by atoms with Crippen LogP contribution in [0.1, 0.15) is 18.9 Å². The summed E-state index contributed by atoms with van der Waals surface area (Å²) in [7, 11) is 0. The lowest BCUT2D eigenvalue weighted by Gasteiger charge is -2.14. The van der Waals surface area contributed by atoms with Crippen molar-refractivity contribution in [3.8, 4) is 5.75 Å². The number of carbonyl (C=O) groups is 2. The summed E-state index contributed by atoms with van der Waals surface area (Å²) in [5.74, 6) is -0.695. The van der Waals surface area contributed by atoms with Gasteiger partial charge < -0.3 is 25.5 Å². The van der Waals surface area contributed by atoms with Crippen LogP contribution in [0.25, 0.3) is 10.9 Å². The first-order valence-corrected chi connectivity index (χ1v) is 9.60. The van der Waals surface area contributed by atoms with Gasteiger partial charge in [0, 0.05) is 29.3 Å². The molecule has 1 heterocycles. The molecule has 0 saturated heterocycles. The van der Waals surface area contributed by atoms with Crippen LogP contribution in [0.5, 0.6) is 5.75 Å². The SMILES string of the molecule is CCOc1ccc(NC(=O)CC(NCCc2c[nH]c3ccccc23)C(=O)O)cc1. The third-order valence-electron chi connectivity index (χ3n) is 4.60. The summed E-state index contributed by atoms with van der Waals surface area (Å²) in [5.41, 5.74) is 2.75. The van der Waals surface area contributed by atoms with Gasteiger partial charge >= 0.3 is 5.97 Å². The number of ether oxygens (including phenoxy) is 1. The molecule has 0 spiro atoms. The fourth-order valence-corrected chi connectivity index (χ4v) is 3.16. The van der Waals surface area contributed by atoms with Crippen molar-refractivity contribution in [3.63, 3.8) is 0 Å². The lowest BCUT2D eigenvalue weighted by molar-refractivity contribution is -0.141. The van der Waals surface area contributed by atoms with Gasteiger partial charge in [0.25, 0.3) is 0 Å². The molecule has 1 unspecified atom stereocenters. The Kier molecular flexibility index (Phi) is 6.86. The predicted molar refractivity (Wildman–Crippen MR) is 112 cm³/mol. The Morgan fingerprint density at radius 3 is 2.62 bits per heavy atom. The number of anilines is 1. The molecule has 152 valence electrons. The zero-order chi connectivity index (χ0) is 20.6. The van der Waals surface area contributed by atoms with Crippen molar-refractivity contribution in [1.82, 2.24) is 10.3 Å². The van der Waals surface area contributed by atoms with Crippen LogP contribution in [0.4, 0.5) is 5.69 Å². The second kappa shape index (κ2) is 9.75. The predicted octanol–water partition coefficient (Wildman–Crippen LogP) is 3.18. The second-order valence-corrected chi connectivity index (χ2v) is 6.66. The van der Waals surface area contributed by atoms with Crippen LogP contribution >= 0.6 is 0 Å². The molecule has 1 amide bonds. The maximum atomic E-state index is 12.3. The zero-order valence-electron chi connectivity index (χ0n) is 16.3. The van der Waals surface area contributed by atoms with Gasteiger partial charge in [-0.2, -0.15) is 0 Å². The Balaban J connectivity index is 1.51. The average Bonchev–Trinajstić information content (AvgIpc) is 3.12. The highest BCUT2D eigenvalue weighted by Crippen LogP contribution is 2.18. The van der Waals surface area contributed by atoms with E-state index in [0.717, 1.165) is 16.5 Å². The van der Waals surface area contributed by atoms with Crippen LogP contribution < -0.4 is 15.4 Å². The van der Waals surface area contributed by atoms with E-state index < -0.39 is 12.0 Å². The van der Waals surface area contributed by atoms with Crippen LogP contribution in [0.2, 0.25) is 0 Å². The number of carboxylic acids is 1. The van der Waals surface area contributed by atoms with Crippen molar-refractivity contribution in [1.29, 1.82) is 0 Å². The van der Waals surface area contributed by atoms with Gasteiger partial charge in [0.2, 0.25) is 5.91 Å². The highest BCUT2D eigenvalue weighted by atomic mass is 16.5. The Hall–Kier alpha value is -3.32. The highest BCUT2D eigenvalue weighted by Gasteiger charge is 2.20. The molecule has 0 saturated carbocycles. The van der Waals surface area contributed by atoms with E-state index >= 15 is 0 Å². The molecule has 0 aliphatic rings. The Bertz CT molecular complexity index is 966. The zero-order valence-corrected chi connectivity index (χ0v) is 16.3. The van der Waals surface area contributed by atoms with Crippen molar-refractivity contribution in [3.05, 3.63) is 60.3 Å². The molecular formula is C22H25N3O4. The van der Waals surface area contributed by atoms with E-state index in [-0.39, 0.29) is 12.3 Å². The van der Waals surface area contributed by atoms with Crippen molar-refractivity contribution < 1.29 is 19.4 Å². The van der Waals surface area contributed by atoms with E-state index in [1.165, 1.54) is 0 Å². The van der Waals surface area contributed by atoms with E-state index in [9.17, 15) is 14.7 Å². The smallest absolute Gasteiger partial charge is 0.321 e. The molecule has 0 aliphatic carbocycles. The van der Waals surface area contributed by atoms with E-state index in [1.54, 1.807) is 24.3 Å². The van der Waals surface area contributed by atoms with Crippen molar-refractivity contribution in [2.75, 3.05) is 18.5 Å². The first kappa shape index (κ1) is 20.4. The minimum atomic E-state index is -1.05. The first-order valence-electron chi connectivity index (χ1n) is 9.60. The molecule has 3 aromatic rings. The number of amides is 1. The monoisotopic (exact) mass is 395 g/mol. The van der Waals surface area contributed by atoms with E-state index in [1.807, 2.05) is 37.4 Å². The van der Waals surface area contributed by atoms with Gasteiger partial charge in [-0.1, -0.05) is 18.2 Å². The number of H-pyrrole nitrogens is 1. The number of carbonyl (C=O) groups excluding carboxylic acids is 1. The van der Waals surface area contributed by atoms with Crippen LogP contribution in [-0.2, 0) is 16.0 Å². The van der Waals surface area contributed by atoms with Gasteiger partial charge in [0.15, 0.2) is 0 Å². The Morgan fingerprint density at radius 1 is 1.14 bits per heavy atom. The van der Waals surface area contributed by atoms with E-state index in [2.05, 4.69) is 15.6 Å². The second-order valence-electron chi connectivity index (χ2n) is 6.66. The molecule has 2 aromatic carbocycles. The summed E-state index contributed by atoms with van der Waals surface area (Å²) < 4.78 is 5.36. The molecule has 1 atom stereocenters. The number of fused-ring (bicyclic) bond motifs is 1. The molecule has 29 heavy (non-hydrogen) atoms. The standard InChI is InChI=1S/C22H25N3O4/c1-2-29-17-9-7-16(8-10-17)25-21(26)13-20(22(27)28)23-12-11-15-14-24-19-6-4-3-5-18(15)19/h3-10,14,20,23-24H,2,11-13H2,1H3,(H,25,26)(H,27,28). The number of aromatic amines is 1. The number of rotatable bonds is 10. The number of aliphatic carboxylic acids is 1. The number of aromatic nitrogens is 1. The van der Waals surface area contributed by atoms with Gasteiger partial charge in [0.05, 0.1) is 13.0 Å². The average molecular weight is 395 g/mol. The summed E-state index contributed by atoms with van der Waals surface area (Å²) in [6.07, 6.45) is 2.44. The van der Waals surface area contributed by atoms with Gasteiger partial charge in [-0.3, -0.25) is 9.59 Å².